The van der Waals surface area contributed by atoms with E-state index in [1.54, 1.807) is 0 Å². The summed E-state index contributed by atoms with van der Waals surface area (Å²) in [7, 11) is 2.19. The second kappa shape index (κ2) is 6.53. The van der Waals surface area contributed by atoms with Crippen LogP contribution in [-0.4, -0.2) is 62.0 Å². The highest BCUT2D eigenvalue weighted by molar-refractivity contribution is 5.79. The largest absolute Gasteiger partial charge is 0.342 e. The molecule has 1 amide bonds. The van der Waals surface area contributed by atoms with Gasteiger partial charge in [0.2, 0.25) is 5.91 Å². The number of rotatable bonds is 5. The second-order valence-corrected chi connectivity index (χ2v) is 5.89. The Hall–Kier alpha value is -0.610. The Morgan fingerprint density at radius 3 is 2.94 bits per heavy atom. The molecule has 0 aromatic carbocycles. The lowest BCUT2D eigenvalue weighted by Crippen LogP contribution is -2.36. The zero-order valence-corrected chi connectivity index (χ0v) is 11.8. The standard InChI is InChI=1S/C14H27N3O/c1-3-7-16(2)10-12-5-8-17(11-12)14(18)13-4-6-15-9-13/h12-13,15H,3-11H2,1-2H3. The van der Waals surface area contributed by atoms with Gasteiger partial charge in [0.25, 0.3) is 0 Å². The third-order valence-electron chi connectivity index (χ3n) is 4.18. The Morgan fingerprint density at radius 1 is 1.44 bits per heavy atom. The second-order valence-electron chi connectivity index (χ2n) is 5.89. The summed E-state index contributed by atoms with van der Waals surface area (Å²) in [5.41, 5.74) is 0. The van der Waals surface area contributed by atoms with E-state index in [-0.39, 0.29) is 5.92 Å². The zero-order chi connectivity index (χ0) is 13.0. The average Bonchev–Trinajstić information content (AvgIpc) is 2.98. The van der Waals surface area contributed by atoms with Crippen molar-refractivity contribution in [2.24, 2.45) is 11.8 Å². The van der Waals surface area contributed by atoms with Gasteiger partial charge in [0.05, 0.1) is 5.92 Å². The Morgan fingerprint density at radius 2 is 2.28 bits per heavy atom. The molecule has 0 spiro atoms. The number of hydrogen-bond donors (Lipinski definition) is 1. The molecule has 2 unspecified atom stereocenters. The van der Waals surface area contributed by atoms with Crippen molar-refractivity contribution in [2.45, 2.75) is 26.2 Å². The molecule has 0 radical (unpaired) electrons. The van der Waals surface area contributed by atoms with E-state index in [0.29, 0.717) is 11.8 Å². The quantitative estimate of drug-likeness (QED) is 0.787. The Kier molecular flexibility index (Phi) is 5.01. The molecule has 2 fully saturated rings. The lowest BCUT2D eigenvalue weighted by Gasteiger charge is -2.22. The Bertz CT molecular complexity index is 276. The first-order chi connectivity index (χ1) is 8.70. The van der Waals surface area contributed by atoms with E-state index in [9.17, 15) is 4.79 Å². The molecule has 0 aromatic heterocycles. The van der Waals surface area contributed by atoms with Crippen molar-refractivity contribution in [1.29, 1.82) is 0 Å². The summed E-state index contributed by atoms with van der Waals surface area (Å²) in [4.78, 5) is 16.8. The number of carbonyl (C=O) groups is 1. The summed E-state index contributed by atoms with van der Waals surface area (Å²) in [6, 6.07) is 0. The fourth-order valence-electron chi connectivity index (χ4n) is 3.22. The summed E-state index contributed by atoms with van der Waals surface area (Å²) < 4.78 is 0. The van der Waals surface area contributed by atoms with E-state index in [0.717, 1.165) is 45.7 Å². The van der Waals surface area contributed by atoms with Crippen LogP contribution in [0.25, 0.3) is 0 Å². The van der Waals surface area contributed by atoms with Crippen LogP contribution in [0.3, 0.4) is 0 Å². The molecule has 2 aliphatic rings. The van der Waals surface area contributed by atoms with E-state index in [2.05, 4.69) is 29.1 Å². The monoisotopic (exact) mass is 253 g/mol. The first-order valence-corrected chi connectivity index (χ1v) is 7.38. The molecule has 2 aliphatic heterocycles. The van der Waals surface area contributed by atoms with E-state index in [4.69, 9.17) is 0 Å². The average molecular weight is 253 g/mol. The first-order valence-electron chi connectivity index (χ1n) is 7.38. The Labute approximate surface area is 111 Å². The van der Waals surface area contributed by atoms with Crippen molar-refractivity contribution >= 4 is 5.91 Å². The molecule has 4 heteroatoms. The zero-order valence-electron chi connectivity index (χ0n) is 11.8. The van der Waals surface area contributed by atoms with Crippen molar-refractivity contribution in [3.05, 3.63) is 0 Å². The molecule has 104 valence electrons. The van der Waals surface area contributed by atoms with Crippen LogP contribution in [0.15, 0.2) is 0 Å². The van der Waals surface area contributed by atoms with Crippen LogP contribution in [0.1, 0.15) is 26.2 Å². The summed E-state index contributed by atoms with van der Waals surface area (Å²) in [6.45, 7) is 8.36. The molecule has 2 rings (SSSR count). The minimum Gasteiger partial charge on any atom is -0.342 e. The van der Waals surface area contributed by atoms with Gasteiger partial charge in [0.1, 0.15) is 0 Å². The summed E-state index contributed by atoms with van der Waals surface area (Å²) in [5, 5.41) is 3.28. The molecule has 0 saturated carbocycles. The van der Waals surface area contributed by atoms with Crippen molar-refractivity contribution in [3.63, 3.8) is 0 Å². The normalized spacial score (nSPS) is 28.3. The van der Waals surface area contributed by atoms with Gasteiger partial charge >= 0.3 is 0 Å². The Balaban J connectivity index is 1.75. The van der Waals surface area contributed by atoms with Gasteiger partial charge in [-0.25, -0.2) is 0 Å². The highest BCUT2D eigenvalue weighted by atomic mass is 16.2. The molecule has 2 saturated heterocycles. The molecule has 0 aromatic rings. The number of hydrogen-bond acceptors (Lipinski definition) is 3. The molecular formula is C14H27N3O. The molecule has 1 N–H and O–H groups in total. The third kappa shape index (κ3) is 3.45. The maximum Gasteiger partial charge on any atom is 0.227 e. The summed E-state index contributed by atoms with van der Waals surface area (Å²) >= 11 is 0. The van der Waals surface area contributed by atoms with Crippen LogP contribution >= 0.6 is 0 Å². The number of carbonyl (C=O) groups excluding carboxylic acids is 1. The highest BCUT2D eigenvalue weighted by Crippen LogP contribution is 2.21. The molecule has 2 heterocycles. The van der Waals surface area contributed by atoms with E-state index in [1.165, 1.54) is 12.8 Å². The van der Waals surface area contributed by atoms with Gasteiger partial charge in [-0.15, -0.1) is 0 Å². The van der Waals surface area contributed by atoms with Crippen LogP contribution in [0.4, 0.5) is 0 Å². The minimum atomic E-state index is 0.247. The van der Waals surface area contributed by atoms with Crippen molar-refractivity contribution in [2.75, 3.05) is 46.3 Å². The summed E-state index contributed by atoms with van der Waals surface area (Å²) in [5.74, 6) is 1.32. The van der Waals surface area contributed by atoms with Crippen LogP contribution in [0.5, 0.6) is 0 Å². The third-order valence-corrected chi connectivity index (χ3v) is 4.18. The van der Waals surface area contributed by atoms with Gasteiger partial charge < -0.3 is 15.1 Å². The van der Waals surface area contributed by atoms with E-state index in [1.807, 2.05) is 0 Å². The smallest absolute Gasteiger partial charge is 0.227 e. The lowest BCUT2D eigenvalue weighted by molar-refractivity contribution is -0.133. The van der Waals surface area contributed by atoms with Gasteiger partial charge in [0, 0.05) is 26.2 Å². The number of nitrogens with zero attached hydrogens (tertiary/aromatic N) is 2. The predicted molar refractivity (Wildman–Crippen MR) is 73.5 cm³/mol. The maximum absolute atomic E-state index is 12.3. The molecular weight excluding hydrogens is 226 g/mol. The highest BCUT2D eigenvalue weighted by Gasteiger charge is 2.32. The fraction of sp³-hybridized carbons (Fsp3) is 0.929. The van der Waals surface area contributed by atoms with Gasteiger partial charge in [-0.3, -0.25) is 4.79 Å². The predicted octanol–water partition coefficient (Wildman–Crippen LogP) is 0.786. The molecule has 0 bridgehead atoms. The van der Waals surface area contributed by atoms with Crippen LogP contribution < -0.4 is 5.32 Å². The lowest BCUT2D eigenvalue weighted by atomic mass is 10.1. The molecule has 0 aliphatic carbocycles. The minimum absolute atomic E-state index is 0.247. The van der Waals surface area contributed by atoms with Crippen LogP contribution in [0, 0.1) is 11.8 Å². The van der Waals surface area contributed by atoms with Crippen molar-refractivity contribution in [3.8, 4) is 0 Å². The number of nitrogens with one attached hydrogen (secondary N) is 1. The SMILES string of the molecule is CCCN(C)CC1CCN(C(=O)C2CCNC2)C1. The number of amides is 1. The fourth-order valence-corrected chi connectivity index (χ4v) is 3.22. The molecule has 4 nitrogen and oxygen atoms in total. The first kappa shape index (κ1) is 13.8. The topological polar surface area (TPSA) is 35.6 Å². The molecule has 2 atom stereocenters. The number of likely N-dealkylation sites (tertiary alicyclic amines) is 1. The van der Waals surface area contributed by atoms with Gasteiger partial charge in [-0.05, 0) is 45.3 Å². The molecule has 18 heavy (non-hydrogen) atoms. The van der Waals surface area contributed by atoms with Crippen LogP contribution in [-0.2, 0) is 4.79 Å². The maximum atomic E-state index is 12.3. The summed E-state index contributed by atoms with van der Waals surface area (Å²) in [6.07, 6.45) is 3.41. The van der Waals surface area contributed by atoms with E-state index < -0.39 is 0 Å². The van der Waals surface area contributed by atoms with Crippen molar-refractivity contribution < 1.29 is 4.79 Å². The van der Waals surface area contributed by atoms with Crippen molar-refractivity contribution in [1.82, 2.24) is 15.1 Å². The van der Waals surface area contributed by atoms with Gasteiger partial charge in [-0.2, -0.15) is 0 Å². The van der Waals surface area contributed by atoms with Crippen LogP contribution in [0.2, 0.25) is 0 Å². The van der Waals surface area contributed by atoms with Gasteiger partial charge in [0.15, 0.2) is 0 Å². The van der Waals surface area contributed by atoms with Gasteiger partial charge in [-0.1, -0.05) is 6.92 Å². The van der Waals surface area contributed by atoms with E-state index >= 15 is 0 Å².